The topological polar surface area (TPSA) is 203 Å². The van der Waals surface area contributed by atoms with Crippen molar-refractivity contribution in [1.29, 1.82) is 0 Å². The number of ketones is 1. The van der Waals surface area contributed by atoms with E-state index in [4.69, 9.17) is 0 Å². The minimum atomic E-state index is -5.21. The number of allylic oxidation sites excluding steroid dienone is 1. The highest BCUT2D eigenvalue weighted by molar-refractivity contribution is 7.91. The Morgan fingerprint density at radius 2 is 1.45 bits per heavy atom. The number of hydrogen-bond acceptors (Lipinski definition) is 9. The number of anilines is 2. The van der Waals surface area contributed by atoms with Crippen molar-refractivity contribution in [2.45, 2.75) is 11.8 Å². The Morgan fingerprint density at radius 1 is 0.784 bits per heavy atom. The van der Waals surface area contributed by atoms with Crippen LogP contribution in [0.4, 0.5) is 17.1 Å². The molecule has 15 heteroatoms. The maximum atomic E-state index is 13.9. The molecule has 6 rings (SSSR count). The van der Waals surface area contributed by atoms with Crippen LogP contribution in [-0.2, 0) is 20.2 Å². The monoisotopic (exact) mass is 724 g/mol. The molecular weight excluding hydrogens is 697 g/mol. The van der Waals surface area contributed by atoms with Crippen molar-refractivity contribution in [3.8, 4) is 0 Å². The standard InChI is InChI=1S/C36H28N4O9S2/c1-2-40(29-14-8-12-22-9-6-7-13-26(22)29)36(43)24-15-17-25(18-16-24)38-39-33-31(51(47,48)49)21-27-30(50(44,45)46)20-19-28(32(27)34(33)41)37-35(42)23-10-4-3-5-11-23/h3-21,38H,2H2,1H3,(H,37,42)(H,44,45,46)(H,47,48,49)/b39-33-. The number of benzene rings is 5. The lowest BCUT2D eigenvalue weighted by atomic mass is 9.93. The van der Waals surface area contributed by atoms with Crippen LogP contribution in [0.15, 0.2) is 129 Å². The van der Waals surface area contributed by atoms with Crippen molar-refractivity contribution in [2.75, 3.05) is 16.9 Å². The maximum Gasteiger partial charge on any atom is 0.296 e. The molecule has 13 nitrogen and oxygen atoms in total. The van der Waals surface area contributed by atoms with Gasteiger partial charge in [-0.15, -0.1) is 0 Å². The first kappa shape index (κ1) is 34.8. The molecule has 4 N–H and O–H groups in total. The second-order valence-corrected chi connectivity index (χ2v) is 13.9. The van der Waals surface area contributed by atoms with Gasteiger partial charge in [-0.25, -0.2) is 4.99 Å². The zero-order valence-electron chi connectivity index (χ0n) is 26.6. The Labute approximate surface area is 292 Å². The van der Waals surface area contributed by atoms with Crippen LogP contribution in [0, 0.1) is 0 Å². The summed E-state index contributed by atoms with van der Waals surface area (Å²) in [7, 11) is -10.2. The van der Waals surface area contributed by atoms with Crippen LogP contribution in [0.5, 0.6) is 0 Å². The molecule has 5 aromatic rings. The van der Waals surface area contributed by atoms with Gasteiger partial charge in [-0.3, -0.25) is 24.1 Å². The highest BCUT2D eigenvalue weighted by Gasteiger charge is 2.37. The molecule has 0 aliphatic heterocycles. The lowest BCUT2D eigenvalue weighted by molar-refractivity contribution is 0.0987. The van der Waals surface area contributed by atoms with E-state index in [-0.39, 0.29) is 22.8 Å². The molecule has 51 heavy (non-hydrogen) atoms. The Balaban J connectivity index is 1.37. The average molecular weight is 725 g/mol. The number of nitrogens with zero attached hydrogens (tertiary/aromatic N) is 3. The molecule has 0 radical (unpaired) electrons. The SMILES string of the molecule is CCN(C(=O)c1ccc(N/N=C2\C(=O)c3c(N=C(O)c4ccccc4)ccc(S(=O)(=O)O)c3C=C2S(=O)(=O)O)cc1)c1cccc2ccccc12. The molecule has 258 valence electrons. The number of rotatable bonds is 9. The van der Waals surface area contributed by atoms with E-state index in [1.54, 1.807) is 23.1 Å². The molecule has 0 unspecified atom stereocenters. The first-order valence-electron chi connectivity index (χ1n) is 15.2. The minimum Gasteiger partial charge on any atom is -0.493 e. The van der Waals surface area contributed by atoms with Gasteiger partial charge in [0.1, 0.15) is 9.80 Å². The van der Waals surface area contributed by atoms with Crippen LogP contribution >= 0.6 is 0 Å². The lowest BCUT2D eigenvalue weighted by Crippen LogP contribution is -2.30. The maximum absolute atomic E-state index is 13.9. The molecule has 5 aromatic carbocycles. The quantitative estimate of drug-likeness (QED) is 0.0580. The molecule has 0 bridgehead atoms. The van der Waals surface area contributed by atoms with E-state index >= 15 is 0 Å². The predicted octanol–water partition coefficient (Wildman–Crippen LogP) is 6.28. The molecule has 0 fully saturated rings. The first-order valence-corrected chi connectivity index (χ1v) is 18.1. The van der Waals surface area contributed by atoms with E-state index in [2.05, 4.69) is 15.5 Å². The average Bonchev–Trinajstić information content (AvgIpc) is 3.11. The Hall–Kier alpha value is -6.00. The summed E-state index contributed by atoms with van der Waals surface area (Å²) in [6, 6.07) is 29.2. The van der Waals surface area contributed by atoms with Gasteiger partial charge in [-0.2, -0.15) is 21.9 Å². The van der Waals surface area contributed by atoms with Crippen molar-refractivity contribution >= 4 is 77.4 Å². The van der Waals surface area contributed by atoms with Crippen LogP contribution in [0.25, 0.3) is 16.8 Å². The molecule has 1 aliphatic carbocycles. The van der Waals surface area contributed by atoms with Gasteiger partial charge in [0, 0.05) is 28.6 Å². The van der Waals surface area contributed by atoms with E-state index < -0.39 is 58.6 Å². The molecule has 0 atom stereocenters. The third-order valence-electron chi connectivity index (χ3n) is 8.00. The summed E-state index contributed by atoms with van der Waals surface area (Å²) < 4.78 is 69.4. The summed E-state index contributed by atoms with van der Waals surface area (Å²) in [5, 5.41) is 16.5. The second-order valence-electron chi connectivity index (χ2n) is 11.2. The third kappa shape index (κ3) is 7.04. The summed E-state index contributed by atoms with van der Waals surface area (Å²) in [4.78, 5) is 31.3. The smallest absolute Gasteiger partial charge is 0.296 e. The predicted molar refractivity (Wildman–Crippen MR) is 194 cm³/mol. The number of hydrogen-bond donors (Lipinski definition) is 4. The number of carbonyl (C=O) groups excluding carboxylic acids is 2. The minimum absolute atomic E-state index is 0.215. The molecule has 0 saturated carbocycles. The van der Waals surface area contributed by atoms with Gasteiger partial charge in [-0.05, 0) is 73.0 Å². The Kier molecular flexibility index (Phi) is 9.38. The summed E-state index contributed by atoms with van der Waals surface area (Å²) in [5.74, 6) is -2.04. The Morgan fingerprint density at radius 3 is 2.12 bits per heavy atom. The number of carbonyl (C=O) groups is 2. The number of hydrazone groups is 1. The van der Waals surface area contributed by atoms with E-state index in [1.807, 2.05) is 49.4 Å². The lowest BCUT2D eigenvalue weighted by Gasteiger charge is -2.23. The number of aliphatic hydroxyl groups excluding tert-OH is 1. The molecule has 0 spiro atoms. The van der Waals surface area contributed by atoms with Gasteiger partial charge >= 0.3 is 0 Å². The fraction of sp³-hybridized carbons (Fsp3) is 0.0556. The first-order chi connectivity index (χ1) is 24.3. The molecule has 1 aliphatic rings. The number of aliphatic imine (C=N–C) groups is 1. The van der Waals surface area contributed by atoms with Gasteiger partial charge in [0.05, 0.1) is 22.6 Å². The van der Waals surface area contributed by atoms with Gasteiger partial charge in [0.25, 0.3) is 26.1 Å². The van der Waals surface area contributed by atoms with Crippen LogP contribution in [0.1, 0.15) is 38.8 Å². The summed E-state index contributed by atoms with van der Waals surface area (Å²) in [5.41, 5.74) is 1.82. The summed E-state index contributed by atoms with van der Waals surface area (Å²) in [6.07, 6.45) is 0.669. The van der Waals surface area contributed by atoms with Crippen molar-refractivity contribution in [1.82, 2.24) is 0 Å². The van der Waals surface area contributed by atoms with Crippen LogP contribution in [0.2, 0.25) is 0 Å². The zero-order valence-corrected chi connectivity index (χ0v) is 28.3. The van der Waals surface area contributed by atoms with Crippen LogP contribution < -0.4 is 10.3 Å². The third-order valence-corrected chi connectivity index (χ3v) is 9.77. The van der Waals surface area contributed by atoms with Crippen LogP contribution in [0.3, 0.4) is 0 Å². The van der Waals surface area contributed by atoms with Gasteiger partial charge < -0.3 is 10.0 Å². The fourth-order valence-electron chi connectivity index (χ4n) is 5.62. The summed E-state index contributed by atoms with van der Waals surface area (Å²) in [6.45, 7) is 2.23. The fourth-order valence-corrected chi connectivity index (χ4v) is 6.95. The van der Waals surface area contributed by atoms with E-state index in [9.17, 15) is 40.6 Å². The molecule has 0 aromatic heterocycles. The van der Waals surface area contributed by atoms with Crippen molar-refractivity contribution in [2.24, 2.45) is 10.1 Å². The van der Waals surface area contributed by atoms with Gasteiger partial charge in [0.2, 0.25) is 11.7 Å². The molecule has 0 heterocycles. The van der Waals surface area contributed by atoms with Crippen molar-refractivity contribution < 1.29 is 40.6 Å². The number of amides is 1. The van der Waals surface area contributed by atoms with Gasteiger partial charge in [0.15, 0.2) is 5.71 Å². The molecule has 1 amide bonds. The van der Waals surface area contributed by atoms with E-state index in [0.717, 1.165) is 28.6 Å². The zero-order chi connectivity index (χ0) is 36.5. The van der Waals surface area contributed by atoms with E-state index in [0.29, 0.717) is 18.2 Å². The Bertz CT molecular complexity index is 2530. The molecular formula is C36H28N4O9S2. The summed E-state index contributed by atoms with van der Waals surface area (Å²) >= 11 is 0. The number of aliphatic hydroxyl groups is 1. The highest BCUT2D eigenvalue weighted by Crippen LogP contribution is 2.37. The number of nitrogens with one attached hydrogen (secondary N) is 1. The van der Waals surface area contributed by atoms with E-state index in [1.165, 1.54) is 36.4 Å². The highest BCUT2D eigenvalue weighted by atomic mass is 32.2. The normalized spacial score (nSPS) is 14.3. The van der Waals surface area contributed by atoms with Crippen molar-refractivity contribution in [3.05, 3.63) is 136 Å². The number of fused-ring (bicyclic) bond motifs is 2. The van der Waals surface area contributed by atoms with Gasteiger partial charge in [-0.1, -0.05) is 54.6 Å². The largest absolute Gasteiger partial charge is 0.493 e. The van der Waals surface area contributed by atoms with Crippen molar-refractivity contribution in [3.63, 3.8) is 0 Å². The van der Waals surface area contributed by atoms with Crippen LogP contribution in [-0.4, -0.2) is 60.9 Å². The number of Topliss-reactive ketones (excluding diaryl/α,β-unsaturated/α-hetero) is 1. The second kappa shape index (κ2) is 13.7. The molecule has 0 saturated heterocycles.